The van der Waals surface area contributed by atoms with Gasteiger partial charge in [-0.25, -0.2) is 0 Å². The Hall–Kier alpha value is 0.659. The van der Waals surface area contributed by atoms with Crippen molar-refractivity contribution in [1.29, 1.82) is 0 Å². The second-order valence-corrected chi connectivity index (χ2v) is 5.48. The molecule has 1 heterocycles. The van der Waals surface area contributed by atoms with Crippen molar-refractivity contribution in [1.82, 2.24) is 7.96 Å². The van der Waals surface area contributed by atoms with Crippen molar-refractivity contribution in [3.05, 3.63) is 18.8 Å². The zero-order valence-electron chi connectivity index (χ0n) is 5.81. The fraction of sp³-hybridized carbons (Fsp3) is 0. The summed E-state index contributed by atoms with van der Waals surface area (Å²) in [4.78, 5) is 0. The molecule has 7 heteroatoms. The van der Waals surface area contributed by atoms with Gasteiger partial charge in [0.2, 0.25) is 0 Å². The van der Waals surface area contributed by atoms with Crippen molar-refractivity contribution in [2.75, 3.05) is 0 Å². The van der Waals surface area contributed by atoms with Crippen LogP contribution in [0.5, 0.6) is 0 Å². The average molecular weight is 471 g/mol. The minimum atomic E-state index is -0.819. The Morgan fingerprint density at radius 1 is 0.923 bits per heavy atom. The molecule has 2 nitrogen and oxygen atoms in total. The molecule has 0 radical (unpaired) electrons. The fourth-order valence-corrected chi connectivity index (χ4v) is 4.01. The number of hydrogen-bond donors (Lipinski definition) is 0. The van der Waals surface area contributed by atoms with Gasteiger partial charge in [0.05, 0.1) is 0 Å². The van der Waals surface area contributed by atoms with Crippen LogP contribution in [-0.4, -0.2) is 22.9 Å². The third-order valence-electron chi connectivity index (χ3n) is 1.48. The van der Waals surface area contributed by atoms with Crippen LogP contribution in [-0.2, 0) is 0 Å². The average Bonchev–Trinajstić information content (AvgIpc) is 2.59. The van der Waals surface area contributed by atoms with Crippen molar-refractivity contribution >= 4 is 71.2 Å². The van der Waals surface area contributed by atoms with E-state index < -0.39 is 11.6 Å². The third kappa shape index (κ3) is 1.53. The summed E-state index contributed by atoms with van der Waals surface area (Å²) in [6, 6.07) is 0. The van der Waals surface area contributed by atoms with E-state index in [-0.39, 0.29) is 22.1 Å². The zero-order chi connectivity index (χ0) is 9.59. The molecule has 0 atom stereocenters. The molecule has 0 saturated heterocycles. The Kier molecular flexibility index (Phi) is 2.87. The maximum absolute atomic E-state index is 13.2. The van der Waals surface area contributed by atoms with Gasteiger partial charge in [-0.05, 0) is 0 Å². The van der Waals surface area contributed by atoms with Crippen LogP contribution in [0.1, 0.15) is 0 Å². The second-order valence-electron chi connectivity index (χ2n) is 2.22. The van der Waals surface area contributed by atoms with Crippen LogP contribution < -0.4 is 0 Å². The van der Waals surface area contributed by atoms with Crippen molar-refractivity contribution in [3.8, 4) is 0 Å². The van der Waals surface area contributed by atoms with Gasteiger partial charge < -0.3 is 0 Å². The molecule has 0 aliphatic carbocycles. The van der Waals surface area contributed by atoms with Gasteiger partial charge >= 0.3 is 107 Å². The number of rotatable bonds is 0. The van der Waals surface area contributed by atoms with Gasteiger partial charge in [0.1, 0.15) is 0 Å². The molecule has 13 heavy (non-hydrogen) atoms. The van der Waals surface area contributed by atoms with Gasteiger partial charge in [-0.3, -0.25) is 0 Å². The number of halogens is 4. The van der Waals surface area contributed by atoms with Gasteiger partial charge in [-0.2, -0.15) is 0 Å². The summed E-state index contributed by atoms with van der Waals surface area (Å²) >= 11 is 3.25. The molecule has 0 aliphatic heterocycles. The van der Waals surface area contributed by atoms with Crippen LogP contribution in [0.3, 0.4) is 0 Å². The molecule has 0 aliphatic rings. The number of aromatic nitrogens is 2. The molecular weight excluding hydrogens is 471 g/mol. The van der Waals surface area contributed by atoms with E-state index in [2.05, 4.69) is 7.96 Å². The fourth-order valence-electron chi connectivity index (χ4n) is 0.877. The molecule has 1 aromatic heterocycles. The van der Waals surface area contributed by atoms with E-state index in [0.29, 0.717) is 11.0 Å². The predicted molar refractivity (Wildman–Crippen MR) is 61.8 cm³/mol. The van der Waals surface area contributed by atoms with E-state index in [0.717, 1.165) is 0 Å². The topological polar surface area (TPSA) is 25.8 Å². The molecule has 0 N–H and O–H groups in total. The van der Waals surface area contributed by atoms with E-state index in [9.17, 15) is 8.78 Å². The van der Waals surface area contributed by atoms with E-state index >= 15 is 0 Å². The van der Waals surface area contributed by atoms with Crippen molar-refractivity contribution in [3.63, 3.8) is 0 Å². The normalized spacial score (nSPS) is 11.1. The first-order chi connectivity index (χ1) is 6.13. The first kappa shape index (κ1) is 10.2. The van der Waals surface area contributed by atoms with Crippen LogP contribution in [0.2, 0.25) is 0 Å². The summed E-state index contributed by atoms with van der Waals surface area (Å²) in [5, 5.41) is 0. The van der Waals surface area contributed by atoms with E-state index in [1.807, 2.05) is 0 Å². The van der Waals surface area contributed by atoms with Gasteiger partial charge in [-0.15, -0.1) is 0 Å². The van der Waals surface area contributed by atoms with Gasteiger partial charge in [-0.1, -0.05) is 0 Å². The molecule has 0 amide bonds. The summed E-state index contributed by atoms with van der Waals surface area (Å²) in [6.45, 7) is 0. The molecule has 0 unspecified atom stereocenters. The Labute approximate surface area is 106 Å². The maximum atomic E-state index is 13.2. The molecule has 2 aromatic rings. The Morgan fingerprint density at radius 2 is 1.31 bits per heavy atom. The number of fused-ring (bicyclic) bond motifs is 1. The number of benzene rings is 1. The van der Waals surface area contributed by atoms with Crippen LogP contribution >= 0.6 is 45.2 Å². The number of nitrogens with zero attached hydrogens (tertiary/aromatic N) is 2. The van der Waals surface area contributed by atoms with Crippen LogP contribution in [0.15, 0.2) is 0 Å². The summed E-state index contributed by atoms with van der Waals surface area (Å²) < 4.78 is 34.9. The standard InChI is InChI=1S/C6F2I2N2Se/c7-1-2(8)4(10)6-5(3(1)9)11-13-12-6. The zero-order valence-corrected chi connectivity index (χ0v) is 11.8. The van der Waals surface area contributed by atoms with Crippen LogP contribution in [0.4, 0.5) is 8.78 Å². The molecule has 1 aromatic carbocycles. The Bertz CT molecular complexity index is 443. The molecule has 0 fully saturated rings. The van der Waals surface area contributed by atoms with Gasteiger partial charge in [0.25, 0.3) is 0 Å². The third-order valence-corrected chi connectivity index (χ3v) is 4.56. The van der Waals surface area contributed by atoms with Crippen LogP contribution in [0.25, 0.3) is 11.0 Å². The molecule has 0 bridgehead atoms. The Balaban J connectivity index is 3.02. The SMILES string of the molecule is Fc1c(F)c(I)c2n[se]nc2c1I. The molecule has 0 spiro atoms. The summed E-state index contributed by atoms with van der Waals surface area (Å²) in [5.41, 5.74) is 1.01. The summed E-state index contributed by atoms with van der Waals surface area (Å²) in [7, 11) is 0. The second kappa shape index (κ2) is 3.67. The van der Waals surface area contributed by atoms with Gasteiger partial charge in [0, 0.05) is 0 Å². The predicted octanol–water partition coefficient (Wildman–Crippen LogP) is 2.17. The van der Waals surface area contributed by atoms with Crippen molar-refractivity contribution in [2.45, 2.75) is 0 Å². The Morgan fingerprint density at radius 3 is 1.69 bits per heavy atom. The van der Waals surface area contributed by atoms with Crippen LogP contribution in [0, 0.1) is 18.8 Å². The first-order valence-electron chi connectivity index (χ1n) is 3.07. The van der Waals surface area contributed by atoms with Gasteiger partial charge in [0.15, 0.2) is 0 Å². The van der Waals surface area contributed by atoms with Crippen molar-refractivity contribution in [2.24, 2.45) is 0 Å². The van der Waals surface area contributed by atoms with E-state index in [4.69, 9.17) is 0 Å². The first-order valence-corrected chi connectivity index (χ1v) is 6.76. The molecule has 68 valence electrons. The quantitative estimate of drug-likeness (QED) is 0.255. The summed E-state index contributed by atoms with van der Waals surface area (Å²) in [5.74, 6) is -1.64. The minimum absolute atomic E-state index is 0.230. The van der Waals surface area contributed by atoms with E-state index in [1.165, 1.54) is 0 Å². The van der Waals surface area contributed by atoms with Crippen molar-refractivity contribution < 1.29 is 8.78 Å². The number of hydrogen-bond acceptors (Lipinski definition) is 2. The summed E-state index contributed by atoms with van der Waals surface area (Å²) in [6.07, 6.45) is 0. The monoisotopic (exact) mass is 472 g/mol. The molecule has 2 rings (SSSR count). The molecular formula is C6F2I2N2Se. The van der Waals surface area contributed by atoms with E-state index in [1.54, 1.807) is 45.2 Å². The molecule has 0 saturated carbocycles.